The molecule has 0 saturated heterocycles. The van der Waals surface area contributed by atoms with Crippen LogP contribution in [0.15, 0.2) is 6.07 Å². The fourth-order valence-corrected chi connectivity index (χ4v) is 4.33. The van der Waals surface area contributed by atoms with Crippen molar-refractivity contribution in [3.8, 4) is 5.75 Å². The summed E-state index contributed by atoms with van der Waals surface area (Å²) in [6.07, 6.45) is -0.202. The second-order valence-electron chi connectivity index (χ2n) is 12.7. The van der Waals surface area contributed by atoms with Gasteiger partial charge in [-0.2, -0.15) is 20.5 Å². The minimum atomic E-state index is -1.89. The molecule has 1 unspecified atom stereocenters. The van der Waals surface area contributed by atoms with E-state index >= 15 is 0 Å². The summed E-state index contributed by atoms with van der Waals surface area (Å²) in [7, 11) is 3.15. The van der Waals surface area contributed by atoms with E-state index in [2.05, 4.69) is 5.32 Å². The van der Waals surface area contributed by atoms with Gasteiger partial charge >= 0.3 is 12.1 Å². The number of methoxy groups -OCH3 is 2. The van der Waals surface area contributed by atoms with Crippen molar-refractivity contribution in [2.24, 2.45) is 0 Å². The number of carbonyl (C=O) groups excluding carboxylic acids is 2. The first kappa shape index (κ1) is 43.9. The van der Waals surface area contributed by atoms with E-state index < -0.39 is 69.5 Å². The molecular formula is C32H53F4NO8S. The van der Waals surface area contributed by atoms with Crippen molar-refractivity contribution >= 4 is 23.8 Å². The number of benzene rings is 1. The molecule has 9 nitrogen and oxygen atoms in total. The number of carbonyl (C=O) groups is 2. The molecule has 0 bridgehead atoms. The monoisotopic (exact) mass is 687 g/mol. The Labute approximate surface area is 275 Å². The number of thioether (sulfide) groups is 1. The van der Waals surface area contributed by atoms with E-state index in [1.54, 1.807) is 28.1 Å². The third-order valence-electron chi connectivity index (χ3n) is 6.65. The van der Waals surface area contributed by atoms with Gasteiger partial charge in [0, 0.05) is 32.5 Å². The van der Waals surface area contributed by atoms with Crippen LogP contribution in [-0.4, -0.2) is 86.1 Å². The minimum absolute atomic E-state index is 0.00992. The van der Waals surface area contributed by atoms with Gasteiger partial charge in [-0.05, 0) is 67.6 Å². The Kier molecular flexibility index (Phi) is 18.7. The van der Waals surface area contributed by atoms with Crippen molar-refractivity contribution in [2.45, 2.75) is 111 Å². The van der Waals surface area contributed by atoms with Gasteiger partial charge in [-0.3, -0.25) is 0 Å². The number of ether oxygens (including phenoxy) is 6. The zero-order chi connectivity index (χ0) is 35.9. The normalized spacial score (nSPS) is 13.0. The van der Waals surface area contributed by atoms with Crippen molar-refractivity contribution in [2.75, 3.05) is 45.5 Å². The van der Waals surface area contributed by atoms with Crippen LogP contribution in [0.4, 0.5) is 22.4 Å². The van der Waals surface area contributed by atoms with E-state index in [1.807, 2.05) is 55.4 Å². The molecule has 0 aromatic heterocycles. The van der Waals surface area contributed by atoms with Crippen molar-refractivity contribution < 1.29 is 55.6 Å². The van der Waals surface area contributed by atoms with E-state index in [9.17, 15) is 27.2 Å². The highest BCUT2D eigenvalue weighted by molar-refractivity contribution is 7.99. The molecule has 0 saturated carbocycles. The molecule has 0 fully saturated rings. The van der Waals surface area contributed by atoms with Crippen LogP contribution in [0, 0.1) is 23.3 Å². The van der Waals surface area contributed by atoms with Gasteiger partial charge in [-0.25, -0.2) is 18.4 Å². The summed E-state index contributed by atoms with van der Waals surface area (Å²) in [5, 5.41) is 2.31. The Balaban J connectivity index is 0.00000991. The molecule has 46 heavy (non-hydrogen) atoms. The van der Waals surface area contributed by atoms with Gasteiger partial charge in [0.2, 0.25) is 17.4 Å². The van der Waals surface area contributed by atoms with Gasteiger partial charge < -0.3 is 33.7 Å². The van der Waals surface area contributed by atoms with Crippen molar-refractivity contribution in [1.29, 1.82) is 0 Å². The molecule has 14 heteroatoms. The van der Waals surface area contributed by atoms with Gasteiger partial charge in [0.1, 0.15) is 6.04 Å². The van der Waals surface area contributed by atoms with Crippen molar-refractivity contribution in [3.05, 3.63) is 29.3 Å². The van der Waals surface area contributed by atoms with E-state index in [1.165, 1.54) is 11.8 Å². The SMILES string of the molecule is CC.COC(C)(C)COC(C)(C)CCOC(=O)NC(CSCCC(C)(C)OCC(C)(C)OC)C(=O)Oc1c(F)c(F)cc(F)c1F. The molecule has 0 aliphatic rings. The van der Waals surface area contributed by atoms with Crippen LogP contribution in [-0.2, 0) is 28.5 Å². The van der Waals surface area contributed by atoms with E-state index in [0.717, 1.165) is 0 Å². The first-order valence-corrected chi connectivity index (χ1v) is 16.2. The molecule has 1 amide bonds. The quantitative estimate of drug-likeness (QED) is 0.0531. The fraction of sp³-hybridized carbons (Fsp3) is 0.750. The number of esters is 1. The average molecular weight is 688 g/mol. The molecular weight excluding hydrogens is 634 g/mol. The zero-order valence-electron chi connectivity index (χ0n) is 29.3. The lowest BCUT2D eigenvalue weighted by molar-refractivity contribution is -0.136. The molecule has 1 aromatic rings. The topological polar surface area (TPSA) is 102 Å². The summed E-state index contributed by atoms with van der Waals surface area (Å²) in [6, 6.07) is -1.50. The summed E-state index contributed by atoms with van der Waals surface area (Å²) in [6.45, 7) is 19.4. The van der Waals surface area contributed by atoms with Crippen LogP contribution in [0.25, 0.3) is 0 Å². The van der Waals surface area contributed by atoms with E-state index in [4.69, 9.17) is 28.4 Å². The second-order valence-corrected chi connectivity index (χ2v) is 13.8. The van der Waals surface area contributed by atoms with Crippen LogP contribution in [0.2, 0.25) is 0 Å². The summed E-state index contributed by atoms with van der Waals surface area (Å²) in [5.74, 6) is -9.83. The van der Waals surface area contributed by atoms with Crippen molar-refractivity contribution in [3.63, 3.8) is 0 Å². The molecule has 1 rings (SSSR count). The predicted molar refractivity (Wildman–Crippen MR) is 170 cm³/mol. The highest BCUT2D eigenvalue weighted by atomic mass is 32.2. The number of hydrogen-bond acceptors (Lipinski definition) is 9. The molecule has 0 heterocycles. The zero-order valence-corrected chi connectivity index (χ0v) is 30.1. The van der Waals surface area contributed by atoms with Crippen molar-refractivity contribution in [1.82, 2.24) is 5.32 Å². The molecule has 0 aliphatic carbocycles. The second kappa shape index (κ2) is 19.6. The minimum Gasteiger partial charge on any atom is -0.449 e. The Bertz CT molecular complexity index is 1080. The first-order chi connectivity index (χ1) is 21.1. The molecule has 268 valence electrons. The first-order valence-electron chi connectivity index (χ1n) is 15.1. The number of alkyl carbamates (subject to hydrolysis) is 1. The number of hydrogen-bond donors (Lipinski definition) is 1. The van der Waals surface area contributed by atoms with Gasteiger partial charge in [0.15, 0.2) is 11.6 Å². The molecule has 0 aliphatic heterocycles. The molecule has 1 N–H and O–H groups in total. The lowest BCUT2D eigenvalue weighted by Gasteiger charge is -2.31. The average Bonchev–Trinajstić information content (AvgIpc) is 2.99. The maximum Gasteiger partial charge on any atom is 0.407 e. The number of halogens is 4. The van der Waals surface area contributed by atoms with Gasteiger partial charge in [0.05, 0.1) is 42.2 Å². The standard InChI is InChI=1S/C30H47F4NO8S.C2H6/c1-27(2,41-17-29(5,6)38-9)11-13-40-26(37)35-21(16-44-14-12-28(3,4)42-18-30(7,8)39-10)25(36)43-24-22(33)19(31)15-20(32)23(24)34;1-2/h15,21H,11-14,16-18H2,1-10H3,(H,35,37);1-2H3. The Morgan fingerprint density at radius 3 is 1.70 bits per heavy atom. The Morgan fingerprint density at radius 2 is 1.24 bits per heavy atom. The maximum absolute atomic E-state index is 14.2. The third kappa shape index (κ3) is 16.6. The van der Waals surface area contributed by atoms with Gasteiger partial charge in [-0.15, -0.1) is 0 Å². The van der Waals surface area contributed by atoms with Gasteiger partial charge in [0.25, 0.3) is 0 Å². The van der Waals surface area contributed by atoms with E-state index in [-0.39, 0.29) is 31.5 Å². The Hall–Kier alpha value is -2.13. The number of nitrogens with one attached hydrogen (secondary N) is 1. The van der Waals surface area contributed by atoms with Crippen LogP contribution in [0.5, 0.6) is 5.75 Å². The number of rotatable bonds is 19. The highest BCUT2D eigenvalue weighted by Gasteiger charge is 2.31. The predicted octanol–water partition coefficient (Wildman–Crippen LogP) is 7.22. The Morgan fingerprint density at radius 1 is 0.783 bits per heavy atom. The smallest absolute Gasteiger partial charge is 0.407 e. The summed E-state index contributed by atoms with van der Waals surface area (Å²) in [4.78, 5) is 25.5. The highest BCUT2D eigenvalue weighted by Crippen LogP contribution is 2.27. The molecule has 0 spiro atoms. The number of amides is 1. The molecule has 1 atom stereocenters. The molecule has 0 radical (unpaired) electrons. The van der Waals surface area contributed by atoms with Crippen LogP contribution in [0.3, 0.4) is 0 Å². The fourth-order valence-electron chi connectivity index (χ4n) is 3.07. The third-order valence-corrected chi connectivity index (χ3v) is 7.71. The molecule has 1 aromatic carbocycles. The van der Waals surface area contributed by atoms with Crippen LogP contribution in [0.1, 0.15) is 82.1 Å². The summed E-state index contributed by atoms with van der Waals surface area (Å²) < 4.78 is 88.1. The van der Waals surface area contributed by atoms with Gasteiger partial charge in [-0.1, -0.05) is 13.8 Å². The lowest BCUT2D eigenvalue weighted by atomic mass is 10.1. The van der Waals surface area contributed by atoms with E-state index in [0.29, 0.717) is 18.8 Å². The summed E-state index contributed by atoms with van der Waals surface area (Å²) in [5.41, 5.74) is -2.27. The maximum atomic E-state index is 14.2. The van der Waals surface area contributed by atoms with Crippen LogP contribution >= 0.6 is 11.8 Å². The largest absolute Gasteiger partial charge is 0.449 e. The van der Waals surface area contributed by atoms with Crippen LogP contribution < -0.4 is 10.1 Å². The summed E-state index contributed by atoms with van der Waals surface area (Å²) >= 11 is 1.21. The lowest BCUT2D eigenvalue weighted by Crippen LogP contribution is -2.45.